The van der Waals surface area contributed by atoms with E-state index in [1.54, 1.807) is 12.3 Å². The SMILES string of the molecule is [CH2]Cc1ccc(C#N)nc1. The molecule has 0 saturated carbocycles. The Hall–Kier alpha value is -1.36. The molecule has 0 aliphatic carbocycles. The van der Waals surface area contributed by atoms with E-state index < -0.39 is 0 Å². The molecule has 0 spiro atoms. The number of nitrogens with zero attached hydrogens (tertiary/aromatic N) is 2. The van der Waals surface area contributed by atoms with Crippen LogP contribution in [0.5, 0.6) is 0 Å². The van der Waals surface area contributed by atoms with E-state index in [1.165, 1.54) is 0 Å². The minimum absolute atomic E-state index is 0.456. The highest BCUT2D eigenvalue weighted by molar-refractivity contribution is 5.23. The molecule has 2 nitrogen and oxygen atoms in total. The summed E-state index contributed by atoms with van der Waals surface area (Å²) in [4.78, 5) is 3.87. The predicted molar refractivity (Wildman–Crippen MR) is 38.0 cm³/mol. The van der Waals surface area contributed by atoms with Crippen molar-refractivity contribution in [2.75, 3.05) is 0 Å². The van der Waals surface area contributed by atoms with Gasteiger partial charge in [-0.25, -0.2) is 4.98 Å². The Morgan fingerprint density at radius 3 is 2.80 bits per heavy atom. The Balaban J connectivity index is 2.93. The second-order valence-electron chi connectivity index (χ2n) is 1.91. The predicted octanol–water partition coefficient (Wildman–Crippen LogP) is 1.33. The minimum atomic E-state index is 0.456. The van der Waals surface area contributed by atoms with Crippen LogP contribution in [-0.4, -0.2) is 4.98 Å². The Morgan fingerprint density at radius 1 is 1.60 bits per heavy atom. The quantitative estimate of drug-likeness (QED) is 0.576. The van der Waals surface area contributed by atoms with E-state index in [9.17, 15) is 0 Å². The van der Waals surface area contributed by atoms with E-state index in [1.807, 2.05) is 12.1 Å². The van der Waals surface area contributed by atoms with Crippen LogP contribution in [0, 0.1) is 18.3 Å². The van der Waals surface area contributed by atoms with Gasteiger partial charge >= 0.3 is 0 Å². The molecule has 1 radical (unpaired) electrons. The third kappa shape index (κ3) is 1.32. The number of hydrogen-bond acceptors (Lipinski definition) is 2. The zero-order valence-electron chi connectivity index (χ0n) is 5.54. The third-order valence-electron chi connectivity index (χ3n) is 1.23. The maximum absolute atomic E-state index is 8.37. The van der Waals surface area contributed by atoms with Crippen molar-refractivity contribution in [2.45, 2.75) is 6.42 Å². The van der Waals surface area contributed by atoms with Gasteiger partial charge in [0.2, 0.25) is 0 Å². The first-order chi connectivity index (χ1) is 4.86. The summed E-state index contributed by atoms with van der Waals surface area (Å²) < 4.78 is 0. The first-order valence-corrected chi connectivity index (χ1v) is 3.01. The van der Waals surface area contributed by atoms with Gasteiger partial charge in [-0.05, 0) is 25.0 Å². The normalized spacial score (nSPS) is 8.80. The highest BCUT2D eigenvalue weighted by atomic mass is 14.7. The van der Waals surface area contributed by atoms with Gasteiger partial charge in [0.25, 0.3) is 0 Å². The van der Waals surface area contributed by atoms with Gasteiger partial charge in [-0.2, -0.15) is 5.26 Å². The summed E-state index contributed by atoms with van der Waals surface area (Å²) >= 11 is 0. The summed E-state index contributed by atoms with van der Waals surface area (Å²) in [5.74, 6) is 0. The zero-order valence-corrected chi connectivity index (χ0v) is 5.54. The van der Waals surface area contributed by atoms with Crippen LogP contribution >= 0.6 is 0 Å². The highest BCUT2D eigenvalue weighted by Crippen LogP contribution is 1.98. The number of rotatable bonds is 1. The Kier molecular flexibility index (Phi) is 2.01. The van der Waals surface area contributed by atoms with Gasteiger partial charge in [0, 0.05) is 6.20 Å². The monoisotopic (exact) mass is 131 g/mol. The molecule has 0 saturated heterocycles. The van der Waals surface area contributed by atoms with Gasteiger partial charge in [-0.15, -0.1) is 0 Å². The van der Waals surface area contributed by atoms with Crippen molar-refractivity contribution < 1.29 is 0 Å². The second kappa shape index (κ2) is 2.98. The van der Waals surface area contributed by atoms with Crippen molar-refractivity contribution in [3.05, 3.63) is 36.5 Å². The molecule has 0 fully saturated rings. The average Bonchev–Trinajstić information content (AvgIpc) is 2.05. The molecular formula is C8H7N2. The zero-order chi connectivity index (χ0) is 7.40. The molecule has 1 heterocycles. The summed E-state index contributed by atoms with van der Waals surface area (Å²) in [6.45, 7) is 3.69. The smallest absolute Gasteiger partial charge is 0.140 e. The van der Waals surface area contributed by atoms with Gasteiger partial charge in [-0.3, -0.25) is 0 Å². The first-order valence-electron chi connectivity index (χ1n) is 3.01. The highest BCUT2D eigenvalue weighted by Gasteiger charge is 1.90. The van der Waals surface area contributed by atoms with Gasteiger partial charge in [0.15, 0.2) is 0 Å². The van der Waals surface area contributed by atoms with Crippen LogP contribution in [-0.2, 0) is 6.42 Å². The lowest BCUT2D eigenvalue weighted by Gasteiger charge is -1.92. The van der Waals surface area contributed by atoms with Crippen molar-refractivity contribution in [2.24, 2.45) is 0 Å². The Labute approximate surface area is 60.1 Å². The molecule has 0 N–H and O–H groups in total. The van der Waals surface area contributed by atoms with E-state index in [0.29, 0.717) is 5.69 Å². The second-order valence-corrected chi connectivity index (χ2v) is 1.91. The van der Waals surface area contributed by atoms with Crippen molar-refractivity contribution in [3.8, 4) is 6.07 Å². The van der Waals surface area contributed by atoms with Crippen LogP contribution < -0.4 is 0 Å². The van der Waals surface area contributed by atoms with Crippen LogP contribution in [0.4, 0.5) is 0 Å². The van der Waals surface area contributed by atoms with Gasteiger partial charge in [0.05, 0.1) is 0 Å². The third-order valence-corrected chi connectivity index (χ3v) is 1.23. The molecular weight excluding hydrogens is 124 g/mol. The van der Waals surface area contributed by atoms with Gasteiger partial charge in [0.1, 0.15) is 11.8 Å². The van der Waals surface area contributed by atoms with E-state index in [4.69, 9.17) is 5.26 Å². The molecule has 0 unspecified atom stereocenters. The molecule has 0 aliphatic rings. The maximum atomic E-state index is 8.37. The molecule has 2 heteroatoms. The molecule has 0 amide bonds. The Bertz CT molecular complexity index is 243. The lowest BCUT2D eigenvalue weighted by atomic mass is 10.2. The van der Waals surface area contributed by atoms with Crippen molar-refractivity contribution >= 4 is 0 Å². The van der Waals surface area contributed by atoms with Crippen LogP contribution in [0.1, 0.15) is 11.3 Å². The standard InChI is InChI=1S/C8H7N2/c1-2-7-3-4-8(5-9)10-6-7/h3-4,6H,1-2H2. The van der Waals surface area contributed by atoms with E-state index in [-0.39, 0.29) is 0 Å². The fourth-order valence-corrected chi connectivity index (χ4v) is 0.639. The van der Waals surface area contributed by atoms with E-state index in [0.717, 1.165) is 12.0 Å². The molecule has 10 heavy (non-hydrogen) atoms. The fourth-order valence-electron chi connectivity index (χ4n) is 0.639. The van der Waals surface area contributed by atoms with Crippen molar-refractivity contribution in [1.82, 2.24) is 4.98 Å². The minimum Gasteiger partial charge on any atom is -0.245 e. The van der Waals surface area contributed by atoms with Gasteiger partial charge < -0.3 is 0 Å². The number of aromatic nitrogens is 1. The number of nitriles is 1. The molecule has 49 valence electrons. The summed E-state index contributed by atoms with van der Waals surface area (Å²) in [5.41, 5.74) is 1.51. The van der Waals surface area contributed by atoms with E-state index >= 15 is 0 Å². The molecule has 1 aromatic rings. The maximum Gasteiger partial charge on any atom is 0.140 e. The summed E-state index contributed by atoms with van der Waals surface area (Å²) in [5, 5.41) is 8.37. The molecule has 0 atom stereocenters. The summed E-state index contributed by atoms with van der Waals surface area (Å²) in [6.07, 6.45) is 2.39. The number of hydrogen-bond donors (Lipinski definition) is 0. The van der Waals surface area contributed by atoms with Crippen molar-refractivity contribution in [1.29, 1.82) is 5.26 Å². The van der Waals surface area contributed by atoms with Gasteiger partial charge in [-0.1, -0.05) is 6.07 Å². The topological polar surface area (TPSA) is 36.7 Å². The summed E-state index contributed by atoms with van der Waals surface area (Å²) in [7, 11) is 0. The lowest BCUT2D eigenvalue weighted by Crippen LogP contribution is -1.84. The van der Waals surface area contributed by atoms with Crippen LogP contribution in [0.25, 0.3) is 0 Å². The van der Waals surface area contributed by atoms with Crippen LogP contribution in [0.15, 0.2) is 18.3 Å². The molecule has 1 rings (SSSR count). The Morgan fingerprint density at radius 2 is 2.40 bits per heavy atom. The van der Waals surface area contributed by atoms with Crippen LogP contribution in [0.3, 0.4) is 0 Å². The largest absolute Gasteiger partial charge is 0.245 e. The first kappa shape index (κ1) is 6.76. The fraction of sp³-hybridized carbons (Fsp3) is 0.125. The van der Waals surface area contributed by atoms with Crippen molar-refractivity contribution in [3.63, 3.8) is 0 Å². The molecule has 0 aromatic carbocycles. The molecule has 0 bridgehead atoms. The lowest BCUT2D eigenvalue weighted by molar-refractivity contribution is 1.17. The molecule has 1 aromatic heterocycles. The van der Waals surface area contributed by atoms with Crippen LogP contribution in [0.2, 0.25) is 0 Å². The number of pyridine rings is 1. The molecule has 0 aliphatic heterocycles. The average molecular weight is 131 g/mol. The summed E-state index contributed by atoms with van der Waals surface area (Å²) in [6, 6.07) is 5.50. The van der Waals surface area contributed by atoms with E-state index in [2.05, 4.69) is 11.9 Å².